The fourth-order valence-electron chi connectivity index (χ4n) is 1.53. The van der Waals surface area contributed by atoms with E-state index in [-0.39, 0.29) is 0 Å². The zero-order valence-corrected chi connectivity index (χ0v) is 10.5. The van der Waals surface area contributed by atoms with Gasteiger partial charge in [-0.25, -0.2) is 4.98 Å². The number of hydrogen-bond donors (Lipinski definition) is 3. The summed E-state index contributed by atoms with van der Waals surface area (Å²) in [7, 11) is 0. The third-order valence-corrected chi connectivity index (χ3v) is 3.40. The molecule has 2 rings (SSSR count). The van der Waals surface area contributed by atoms with E-state index in [1.54, 1.807) is 18.3 Å². The summed E-state index contributed by atoms with van der Waals surface area (Å²) in [5.74, 6) is -0.418. The maximum absolute atomic E-state index is 11.0. The molecule has 0 saturated carbocycles. The number of aryl methyl sites for hydroxylation is 1. The Kier molecular flexibility index (Phi) is 2.89. The molecule has 5 nitrogen and oxygen atoms in total. The standard InChI is InChI=1S/C11H14N4OS/c1-5(11(13)16)14-8-4-9-10(3-7(8)12)17-6(2)15-9/h3-5,14H,12H2,1-2H3,(H2,13,16). The molecule has 2 aromatic rings. The summed E-state index contributed by atoms with van der Waals surface area (Å²) in [5.41, 5.74) is 13.3. The highest BCUT2D eigenvalue weighted by Crippen LogP contribution is 2.29. The van der Waals surface area contributed by atoms with Gasteiger partial charge in [-0.1, -0.05) is 0 Å². The number of carbonyl (C=O) groups is 1. The fourth-order valence-corrected chi connectivity index (χ4v) is 2.39. The van der Waals surface area contributed by atoms with E-state index >= 15 is 0 Å². The molecule has 0 bridgehead atoms. The normalized spacial score (nSPS) is 12.6. The molecule has 90 valence electrons. The lowest BCUT2D eigenvalue weighted by Crippen LogP contribution is -2.32. The first kappa shape index (κ1) is 11.7. The van der Waals surface area contributed by atoms with Gasteiger partial charge in [0.25, 0.3) is 0 Å². The first-order valence-corrected chi connectivity index (χ1v) is 6.01. The van der Waals surface area contributed by atoms with Gasteiger partial charge >= 0.3 is 0 Å². The van der Waals surface area contributed by atoms with E-state index in [1.165, 1.54) is 0 Å². The minimum atomic E-state index is -0.463. The van der Waals surface area contributed by atoms with Crippen LogP contribution in [0, 0.1) is 6.92 Å². The quantitative estimate of drug-likeness (QED) is 0.719. The molecule has 5 N–H and O–H groups in total. The van der Waals surface area contributed by atoms with Gasteiger partial charge in [0.05, 0.1) is 26.6 Å². The van der Waals surface area contributed by atoms with Crippen molar-refractivity contribution in [2.75, 3.05) is 11.1 Å². The number of rotatable bonds is 3. The second-order valence-corrected chi connectivity index (χ2v) is 5.14. The predicted octanol–water partition coefficient (Wildman–Crippen LogP) is 1.47. The fraction of sp³-hybridized carbons (Fsp3) is 0.273. The van der Waals surface area contributed by atoms with Crippen molar-refractivity contribution in [3.63, 3.8) is 0 Å². The van der Waals surface area contributed by atoms with E-state index in [9.17, 15) is 4.79 Å². The zero-order chi connectivity index (χ0) is 12.6. The van der Waals surface area contributed by atoms with Gasteiger partial charge in [0.15, 0.2) is 0 Å². The number of nitrogens with one attached hydrogen (secondary N) is 1. The van der Waals surface area contributed by atoms with Crippen molar-refractivity contribution >= 4 is 38.8 Å². The lowest BCUT2D eigenvalue weighted by Gasteiger charge is -2.13. The minimum absolute atomic E-state index is 0.418. The maximum Gasteiger partial charge on any atom is 0.239 e. The van der Waals surface area contributed by atoms with Gasteiger partial charge in [-0.15, -0.1) is 11.3 Å². The molecule has 0 aliphatic carbocycles. The number of fused-ring (bicyclic) bond motifs is 1. The number of nitrogen functional groups attached to an aromatic ring is 1. The molecule has 0 aliphatic rings. The van der Waals surface area contributed by atoms with Crippen LogP contribution in [0.25, 0.3) is 10.2 Å². The van der Waals surface area contributed by atoms with Crippen LogP contribution in [0.5, 0.6) is 0 Å². The number of carbonyl (C=O) groups excluding carboxylic acids is 1. The number of aromatic nitrogens is 1. The maximum atomic E-state index is 11.0. The Labute approximate surface area is 103 Å². The summed E-state index contributed by atoms with van der Waals surface area (Å²) in [6.45, 7) is 3.64. The van der Waals surface area contributed by atoms with Gasteiger partial charge in [0, 0.05) is 0 Å². The van der Waals surface area contributed by atoms with Crippen LogP contribution in [0.1, 0.15) is 11.9 Å². The zero-order valence-electron chi connectivity index (χ0n) is 9.65. The molecule has 1 aromatic carbocycles. The number of primary amides is 1. The molecule has 0 spiro atoms. The SMILES string of the molecule is Cc1nc2cc(NC(C)C(N)=O)c(N)cc2s1. The van der Waals surface area contributed by atoms with Crippen LogP contribution in [-0.4, -0.2) is 16.9 Å². The molecule has 1 heterocycles. The van der Waals surface area contributed by atoms with E-state index in [0.717, 1.165) is 15.2 Å². The van der Waals surface area contributed by atoms with Crippen molar-refractivity contribution in [2.45, 2.75) is 19.9 Å². The van der Waals surface area contributed by atoms with Gasteiger partial charge in [0.1, 0.15) is 6.04 Å². The number of anilines is 2. The number of thiazole rings is 1. The number of nitrogens with zero attached hydrogens (tertiary/aromatic N) is 1. The number of hydrogen-bond acceptors (Lipinski definition) is 5. The van der Waals surface area contributed by atoms with Gasteiger partial charge in [-0.05, 0) is 26.0 Å². The summed E-state index contributed by atoms with van der Waals surface area (Å²) in [5, 5.41) is 3.96. The third-order valence-electron chi connectivity index (χ3n) is 2.47. The average Bonchev–Trinajstić information content (AvgIpc) is 2.57. The Balaban J connectivity index is 2.40. The Hall–Kier alpha value is -1.82. The van der Waals surface area contributed by atoms with Gasteiger partial charge in [0.2, 0.25) is 5.91 Å². The van der Waals surface area contributed by atoms with Crippen molar-refractivity contribution in [1.82, 2.24) is 4.98 Å². The number of amides is 1. The second kappa shape index (κ2) is 4.21. The van der Waals surface area contributed by atoms with Crippen LogP contribution in [0.2, 0.25) is 0 Å². The van der Waals surface area contributed by atoms with Gasteiger partial charge < -0.3 is 16.8 Å². The highest BCUT2D eigenvalue weighted by atomic mass is 32.1. The molecular formula is C11H14N4OS. The summed E-state index contributed by atoms with van der Waals surface area (Å²) in [6, 6.07) is 3.23. The largest absolute Gasteiger partial charge is 0.397 e. The van der Waals surface area contributed by atoms with Crippen molar-refractivity contribution in [3.05, 3.63) is 17.1 Å². The van der Waals surface area contributed by atoms with Crippen LogP contribution in [0.15, 0.2) is 12.1 Å². The van der Waals surface area contributed by atoms with E-state index in [4.69, 9.17) is 11.5 Å². The Morgan fingerprint density at radius 3 is 2.88 bits per heavy atom. The van der Waals surface area contributed by atoms with Crippen LogP contribution in [0.3, 0.4) is 0 Å². The van der Waals surface area contributed by atoms with Gasteiger partial charge in [-0.2, -0.15) is 0 Å². The first-order chi connectivity index (χ1) is 7.97. The number of benzene rings is 1. The molecule has 0 saturated heterocycles. The lowest BCUT2D eigenvalue weighted by atomic mass is 10.2. The Bertz CT molecular complexity index is 578. The molecule has 0 aliphatic heterocycles. The van der Waals surface area contributed by atoms with Crippen molar-refractivity contribution in [1.29, 1.82) is 0 Å². The summed E-state index contributed by atoms with van der Waals surface area (Å²) < 4.78 is 1.04. The molecule has 17 heavy (non-hydrogen) atoms. The van der Waals surface area contributed by atoms with Crippen molar-refractivity contribution < 1.29 is 4.79 Å². The predicted molar refractivity (Wildman–Crippen MR) is 71.0 cm³/mol. The van der Waals surface area contributed by atoms with E-state index < -0.39 is 11.9 Å². The van der Waals surface area contributed by atoms with Crippen LogP contribution < -0.4 is 16.8 Å². The van der Waals surface area contributed by atoms with Crippen LogP contribution >= 0.6 is 11.3 Å². The lowest BCUT2D eigenvalue weighted by molar-refractivity contribution is -0.118. The van der Waals surface area contributed by atoms with Crippen molar-refractivity contribution in [2.24, 2.45) is 5.73 Å². The first-order valence-electron chi connectivity index (χ1n) is 5.20. The molecule has 1 amide bonds. The highest BCUT2D eigenvalue weighted by molar-refractivity contribution is 7.18. The molecule has 1 unspecified atom stereocenters. The van der Waals surface area contributed by atoms with Crippen LogP contribution in [-0.2, 0) is 4.79 Å². The Morgan fingerprint density at radius 1 is 1.53 bits per heavy atom. The highest BCUT2D eigenvalue weighted by Gasteiger charge is 2.11. The Morgan fingerprint density at radius 2 is 2.24 bits per heavy atom. The third kappa shape index (κ3) is 2.31. The van der Waals surface area contributed by atoms with E-state index in [0.29, 0.717) is 11.4 Å². The molecule has 0 radical (unpaired) electrons. The molecule has 6 heteroatoms. The average molecular weight is 250 g/mol. The summed E-state index contributed by atoms with van der Waals surface area (Å²) >= 11 is 1.59. The monoisotopic (exact) mass is 250 g/mol. The topological polar surface area (TPSA) is 94.0 Å². The molecule has 1 atom stereocenters. The summed E-state index contributed by atoms with van der Waals surface area (Å²) in [4.78, 5) is 15.4. The molecule has 1 aromatic heterocycles. The number of nitrogens with two attached hydrogens (primary N) is 2. The van der Waals surface area contributed by atoms with Crippen LogP contribution in [0.4, 0.5) is 11.4 Å². The second-order valence-electron chi connectivity index (χ2n) is 3.91. The van der Waals surface area contributed by atoms with E-state index in [1.807, 2.05) is 19.1 Å². The minimum Gasteiger partial charge on any atom is -0.397 e. The van der Waals surface area contributed by atoms with E-state index in [2.05, 4.69) is 10.3 Å². The molecular weight excluding hydrogens is 236 g/mol. The molecule has 0 fully saturated rings. The van der Waals surface area contributed by atoms with Gasteiger partial charge in [-0.3, -0.25) is 4.79 Å². The smallest absolute Gasteiger partial charge is 0.239 e. The summed E-state index contributed by atoms with van der Waals surface area (Å²) in [6.07, 6.45) is 0. The van der Waals surface area contributed by atoms with Crippen molar-refractivity contribution in [3.8, 4) is 0 Å².